The second-order valence-corrected chi connectivity index (χ2v) is 6.26. The number of hydrazone groups is 1. The molecule has 0 aliphatic carbocycles. The van der Waals surface area contributed by atoms with E-state index >= 15 is 0 Å². The third kappa shape index (κ3) is 4.92. The summed E-state index contributed by atoms with van der Waals surface area (Å²) in [7, 11) is 0. The summed E-state index contributed by atoms with van der Waals surface area (Å²) in [5, 5.41) is 4.26. The van der Waals surface area contributed by atoms with Gasteiger partial charge in [-0.1, -0.05) is 13.0 Å². The van der Waals surface area contributed by atoms with Crippen LogP contribution in [-0.4, -0.2) is 18.2 Å². The summed E-state index contributed by atoms with van der Waals surface area (Å²) in [6.07, 6.45) is 0.953. The topological polar surface area (TPSA) is 50.7 Å². The number of aryl methyl sites for hydroxylation is 3. The van der Waals surface area contributed by atoms with Crippen LogP contribution in [0.2, 0.25) is 0 Å². The van der Waals surface area contributed by atoms with Gasteiger partial charge >= 0.3 is 0 Å². The van der Waals surface area contributed by atoms with Gasteiger partial charge in [-0.05, 0) is 81.1 Å². The Balaban J connectivity index is 2.07. The number of nitrogens with one attached hydrogen (secondary N) is 1. The van der Waals surface area contributed by atoms with Crippen molar-refractivity contribution in [3.05, 3.63) is 64.2 Å². The molecule has 0 aliphatic heterocycles. The number of ether oxygens (including phenoxy) is 1. The summed E-state index contributed by atoms with van der Waals surface area (Å²) in [6.45, 7) is 10.8. The highest BCUT2D eigenvalue weighted by Gasteiger charge is 2.08. The molecule has 0 unspecified atom stereocenters. The third-order valence-corrected chi connectivity index (χ3v) is 4.15. The van der Waals surface area contributed by atoms with E-state index in [0.29, 0.717) is 12.2 Å². The Morgan fingerprint density at radius 2 is 1.68 bits per heavy atom. The molecule has 1 amide bonds. The Labute approximate surface area is 149 Å². The monoisotopic (exact) mass is 338 g/mol. The van der Waals surface area contributed by atoms with Crippen molar-refractivity contribution in [2.75, 3.05) is 6.61 Å². The minimum absolute atomic E-state index is 0.233. The average Bonchev–Trinajstić information content (AvgIpc) is 2.61. The molecule has 2 rings (SSSR count). The fourth-order valence-corrected chi connectivity index (χ4v) is 2.53. The van der Waals surface area contributed by atoms with Gasteiger partial charge in [0.25, 0.3) is 5.91 Å². The maximum absolute atomic E-state index is 12.3. The molecular formula is C21H26N2O2. The number of hydrogen-bond donors (Lipinski definition) is 1. The molecule has 0 radical (unpaired) electrons. The Morgan fingerprint density at radius 1 is 1.04 bits per heavy atom. The highest BCUT2D eigenvalue weighted by molar-refractivity contribution is 6.02. The van der Waals surface area contributed by atoms with Crippen LogP contribution < -0.4 is 10.2 Å². The molecule has 0 bridgehead atoms. The van der Waals surface area contributed by atoms with Crippen LogP contribution in [0.15, 0.2) is 41.5 Å². The van der Waals surface area contributed by atoms with E-state index in [1.165, 1.54) is 11.1 Å². The normalized spacial score (nSPS) is 11.3. The number of carbonyl (C=O) groups is 1. The fraction of sp³-hybridized carbons (Fsp3) is 0.333. The van der Waals surface area contributed by atoms with Gasteiger partial charge in [0.05, 0.1) is 12.3 Å². The first-order valence-corrected chi connectivity index (χ1v) is 8.58. The van der Waals surface area contributed by atoms with Crippen molar-refractivity contribution in [1.82, 2.24) is 5.43 Å². The van der Waals surface area contributed by atoms with E-state index < -0.39 is 0 Å². The maximum atomic E-state index is 12.3. The quantitative estimate of drug-likeness (QED) is 0.620. The van der Waals surface area contributed by atoms with Gasteiger partial charge < -0.3 is 4.74 Å². The van der Waals surface area contributed by atoms with Crippen molar-refractivity contribution in [1.29, 1.82) is 0 Å². The lowest BCUT2D eigenvalue weighted by atomic mass is 9.98. The lowest BCUT2D eigenvalue weighted by Crippen LogP contribution is -2.19. The van der Waals surface area contributed by atoms with Gasteiger partial charge in [0, 0.05) is 11.1 Å². The van der Waals surface area contributed by atoms with Crippen LogP contribution in [0.5, 0.6) is 5.75 Å². The number of amides is 1. The molecule has 0 heterocycles. The van der Waals surface area contributed by atoms with E-state index in [9.17, 15) is 4.79 Å². The SMILES string of the molecule is CCCOc1ccc(C(=O)N/N=C(/C)c2cc(C)c(C)cc2C)cc1. The first-order chi connectivity index (χ1) is 11.9. The summed E-state index contributed by atoms with van der Waals surface area (Å²) in [6, 6.07) is 11.3. The highest BCUT2D eigenvalue weighted by Crippen LogP contribution is 2.16. The van der Waals surface area contributed by atoms with E-state index in [0.717, 1.165) is 29.0 Å². The van der Waals surface area contributed by atoms with Crippen LogP contribution in [-0.2, 0) is 0 Å². The van der Waals surface area contributed by atoms with Crippen molar-refractivity contribution in [2.24, 2.45) is 5.10 Å². The van der Waals surface area contributed by atoms with Gasteiger partial charge in [-0.3, -0.25) is 4.79 Å². The maximum Gasteiger partial charge on any atom is 0.271 e. The summed E-state index contributed by atoms with van der Waals surface area (Å²) in [5.41, 5.74) is 8.63. The summed E-state index contributed by atoms with van der Waals surface area (Å²) < 4.78 is 5.52. The summed E-state index contributed by atoms with van der Waals surface area (Å²) in [4.78, 5) is 12.3. The minimum atomic E-state index is -0.233. The van der Waals surface area contributed by atoms with Crippen molar-refractivity contribution < 1.29 is 9.53 Å². The smallest absolute Gasteiger partial charge is 0.271 e. The molecule has 0 spiro atoms. The highest BCUT2D eigenvalue weighted by atomic mass is 16.5. The molecule has 25 heavy (non-hydrogen) atoms. The van der Waals surface area contributed by atoms with E-state index in [4.69, 9.17) is 4.74 Å². The zero-order chi connectivity index (χ0) is 18.4. The molecule has 0 atom stereocenters. The number of hydrogen-bond acceptors (Lipinski definition) is 3. The van der Waals surface area contributed by atoms with Gasteiger partial charge in [0.1, 0.15) is 5.75 Å². The van der Waals surface area contributed by atoms with Gasteiger partial charge in [-0.15, -0.1) is 0 Å². The molecule has 0 aliphatic rings. The van der Waals surface area contributed by atoms with Gasteiger partial charge in [0.2, 0.25) is 0 Å². The molecule has 2 aromatic rings. The van der Waals surface area contributed by atoms with Crippen LogP contribution in [0, 0.1) is 20.8 Å². The lowest BCUT2D eigenvalue weighted by molar-refractivity contribution is 0.0955. The van der Waals surface area contributed by atoms with Crippen LogP contribution in [0.1, 0.15) is 52.9 Å². The van der Waals surface area contributed by atoms with Crippen LogP contribution in [0.25, 0.3) is 0 Å². The zero-order valence-electron chi connectivity index (χ0n) is 15.6. The summed E-state index contributed by atoms with van der Waals surface area (Å²) in [5.74, 6) is 0.534. The molecule has 132 valence electrons. The number of nitrogens with zero attached hydrogens (tertiary/aromatic N) is 1. The fourth-order valence-electron chi connectivity index (χ4n) is 2.53. The number of rotatable bonds is 6. The molecule has 0 aromatic heterocycles. The zero-order valence-corrected chi connectivity index (χ0v) is 15.6. The predicted molar refractivity (Wildman–Crippen MR) is 103 cm³/mol. The largest absolute Gasteiger partial charge is 0.494 e. The third-order valence-electron chi connectivity index (χ3n) is 4.15. The molecule has 4 nitrogen and oxygen atoms in total. The predicted octanol–water partition coefficient (Wildman–Crippen LogP) is 4.55. The minimum Gasteiger partial charge on any atom is -0.494 e. The first kappa shape index (κ1) is 18.7. The first-order valence-electron chi connectivity index (χ1n) is 8.58. The Kier molecular flexibility index (Phi) is 6.34. The summed E-state index contributed by atoms with van der Waals surface area (Å²) >= 11 is 0. The molecule has 2 aromatic carbocycles. The molecule has 0 saturated carbocycles. The second-order valence-electron chi connectivity index (χ2n) is 6.26. The Bertz CT molecular complexity index is 777. The molecule has 0 fully saturated rings. The van der Waals surface area contributed by atoms with Crippen LogP contribution in [0.3, 0.4) is 0 Å². The van der Waals surface area contributed by atoms with Gasteiger partial charge in [-0.25, -0.2) is 5.43 Å². The van der Waals surface area contributed by atoms with Crippen LogP contribution in [0.4, 0.5) is 0 Å². The van der Waals surface area contributed by atoms with Crippen molar-refractivity contribution in [3.63, 3.8) is 0 Å². The van der Waals surface area contributed by atoms with E-state index in [2.05, 4.69) is 50.4 Å². The van der Waals surface area contributed by atoms with E-state index in [-0.39, 0.29) is 5.91 Å². The van der Waals surface area contributed by atoms with Crippen molar-refractivity contribution >= 4 is 11.6 Å². The Morgan fingerprint density at radius 3 is 2.32 bits per heavy atom. The molecule has 0 saturated heterocycles. The number of carbonyl (C=O) groups excluding carboxylic acids is 1. The molecule has 4 heteroatoms. The second kappa shape index (κ2) is 8.47. The number of benzene rings is 2. The average molecular weight is 338 g/mol. The van der Waals surface area contributed by atoms with Gasteiger partial charge in [0.15, 0.2) is 0 Å². The lowest BCUT2D eigenvalue weighted by Gasteiger charge is -2.10. The van der Waals surface area contributed by atoms with E-state index in [1.54, 1.807) is 24.3 Å². The standard InChI is InChI=1S/C21H26N2O2/c1-6-11-25-19-9-7-18(8-10-19)21(24)23-22-17(5)20-13-15(3)14(2)12-16(20)4/h7-10,12-13H,6,11H2,1-5H3,(H,23,24)/b22-17-. The Hall–Kier alpha value is -2.62. The molecule has 1 N–H and O–H groups in total. The van der Waals surface area contributed by atoms with Gasteiger partial charge in [-0.2, -0.15) is 5.10 Å². The molecular weight excluding hydrogens is 312 g/mol. The van der Waals surface area contributed by atoms with Crippen molar-refractivity contribution in [2.45, 2.75) is 41.0 Å². The van der Waals surface area contributed by atoms with Crippen molar-refractivity contribution in [3.8, 4) is 5.75 Å². The van der Waals surface area contributed by atoms with E-state index in [1.807, 2.05) is 6.92 Å². The van der Waals surface area contributed by atoms with Crippen LogP contribution >= 0.6 is 0 Å².